The summed E-state index contributed by atoms with van der Waals surface area (Å²) in [5.41, 5.74) is 1.46. The molecule has 1 aromatic carbocycles. The van der Waals surface area contributed by atoms with Gasteiger partial charge in [-0.1, -0.05) is 0 Å². The topological polar surface area (TPSA) is 38.3 Å². The lowest BCUT2D eigenvalue weighted by molar-refractivity contribution is -0.142. The molecule has 2 atom stereocenters. The number of anilines is 1. The first-order valence-electron chi connectivity index (χ1n) is 6.29. The number of hydrogen-bond donors (Lipinski definition) is 1. The van der Waals surface area contributed by atoms with Gasteiger partial charge in [-0.3, -0.25) is 0 Å². The lowest BCUT2D eigenvalue weighted by atomic mass is 9.98. The fraction of sp³-hybridized carbons (Fsp3) is 0.500. The maximum atomic E-state index is 13.4. The molecule has 1 aliphatic rings. The number of nitrogens with one attached hydrogen (secondary N) is 1. The zero-order valence-corrected chi connectivity index (χ0v) is 11.9. The van der Waals surface area contributed by atoms with Gasteiger partial charge < -0.3 is 10.1 Å². The zero-order chi connectivity index (χ0) is 13.8. The van der Waals surface area contributed by atoms with E-state index in [4.69, 9.17) is 4.74 Å². The summed E-state index contributed by atoms with van der Waals surface area (Å²) in [5.74, 6) is 1.64. The van der Waals surface area contributed by atoms with Gasteiger partial charge in [-0.05, 0) is 54.5 Å². The number of benzene rings is 1. The predicted octanol–water partition coefficient (Wildman–Crippen LogP) is 2.84. The largest absolute Gasteiger partial charge is 0.467 e. The highest BCUT2D eigenvalue weighted by molar-refractivity contribution is 7.99. The van der Waals surface area contributed by atoms with Gasteiger partial charge in [-0.25, -0.2) is 9.18 Å². The van der Waals surface area contributed by atoms with E-state index in [1.165, 1.54) is 19.2 Å². The summed E-state index contributed by atoms with van der Waals surface area (Å²) >= 11 is 1.83. The van der Waals surface area contributed by atoms with Crippen LogP contribution in [-0.4, -0.2) is 30.6 Å². The van der Waals surface area contributed by atoms with E-state index in [9.17, 15) is 9.18 Å². The van der Waals surface area contributed by atoms with Crippen molar-refractivity contribution >= 4 is 23.4 Å². The van der Waals surface area contributed by atoms with Gasteiger partial charge in [0.25, 0.3) is 0 Å². The molecule has 0 aromatic heterocycles. The lowest BCUT2D eigenvalue weighted by Gasteiger charge is -2.23. The fourth-order valence-electron chi connectivity index (χ4n) is 2.31. The molecule has 0 radical (unpaired) electrons. The van der Waals surface area contributed by atoms with E-state index in [-0.39, 0.29) is 17.7 Å². The Kier molecular flexibility index (Phi) is 4.69. The van der Waals surface area contributed by atoms with Crippen LogP contribution in [0.3, 0.4) is 0 Å². The quantitative estimate of drug-likeness (QED) is 0.862. The molecule has 104 valence electrons. The average Bonchev–Trinajstić information content (AvgIpc) is 2.87. The zero-order valence-electron chi connectivity index (χ0n) is 11.1. The lowest BCUT2D eigenvalue weighted by Crippen LogP contribution is -2.38. The monoisotopic (exact) mass is 283 g/mol. The smallest absolute Gasteiger partial charge is 0.328 e. The van der Waals surface area contributed by atoms with Crippen molar-refractivity contribution < 1.29 is 13.9 Å². The number of halogens is 1. The molecule has 0 bridgehead atoms. The first kappa shape index (κ1) is 14.2. The van der Waals surface area contributed by atoms with Crippen molar-refractivity contribution in [1.29, 1.82) is 0 Å². The van der Waals surface area contributed by atoms with Gasteiger partial charge in [0.1, 0.15) is 11.9 Å². The van der Waals surface area contributed by atoms with Gasteiger partial charge in [0.05, 0.1) is 7.11 Å². The van der Waals surface area contributed by atoms with Gasteiger partial charge in [0, 0.05) is 5.69 Å². The van der Waals surface area contributed by atoms with Crippen molar-refractivity contribution in [1.82, 2.24) is 0 Å². The summed E-state index contributed by atoms with van der Waals surface area (Å²) in [7, 11) is 1.38. The molecule has 2 rings (SSSR count). The van der Waals surface area contributed by atoms with Gasteiger partial charge in [-0.2, -0.15) is 11.8 Å². The van der Waals surface area contributed by atoms with E-state index >= 15 is 0 Å². The summed E-state index contributed by atoms with van der Waals surface area (Å²) in [6.45, 7) is 1.83. The molecule has 0 aliphatic carbocycles. The second kappa shape index (κ2) is 6.28. The minimum atomic E-state index is -0.402. The number of aryl methyl sites for hydroxylation is 1. The molecular formula is C14H18FNO2S. The third-order valence-electron chi connectivity index (χ3n) is 3.26. The van der Waals surface area contributed by atoms with E-state index in [0.717, 1.165) is 23.5 Å². The minimum absolute atomic E-state index is 0.237. The normalized spacial score (nSPS) is 20.1. The first-order valence-corrected chi connectivity index (χ1v) is 7.45. The fourth-order valence-corrected chi connectivity index (χ4v) is 3.61. The predicted molar refractivity (Wildman–Crippen MR) is 76.0 cm³/mol. The summed E-state index contributed by atoms with van der Waals surface area (Å²) < 4.78 is 18.2. The van der Waals surface area contributed by atoms with E-state index in [0.29, 0.717) is 5.69 Å². The number of thioether (sulfide) groups is 1. The summed E-state index contributed by atoms with van der Waals surface area (Å²) in [4.78, 5) is 11.9. The molecule has 1 aliphatic heterocycles. The van der Waals surface area contributed by atoms with Crippen LogP contribution in [0.15, 0.2) is 18.2 Å². The number of carbonyl (C=O) groups excluding carboxylic acids is 1. The Labute approximate surface area is 116 Å². The van der Waals surface area contributed by atoms with E-state index in [1.807, 2.05) is 24.8 Å². The third kappa shape index (κ3) is 3.62. The van der Waals surface area contributed by atoms with Crippen LogP contribution in [0, 0.1) is 18.7 Å². The van der Waals surface area contributed by atoms with Crippen LogP contribution in [0.5, 0.6) is 0 Å². The van der Waals surface area contributed by atoms with Crippen LogP contribution < -0.4 is 5.32 Å². The molecule has 0 spiro atoms. The van der Waals surface area contributed by atoms with Crippen LogP contribution in [0.1, 0.15) is 12.0 Å². The van der Waals surface area contributed by atoms with Crippen molar-refractivity contribution in [3.8, 4) is 0 Å². The van der Waals surface area contributed by atoms with E-state index < -0.39 is 6.04 Å². The number of esters is 1. The molecule has 0 saturated carbocycles. The Hall–Kier alpha value is -1.23. The highest BCUT2D eigenvalue weighted by Crippen LogP contribution is 2.29. The van der Waals surface area contributed by atoms with Crippen LogP contribution in [-0.2, 0) is 9.53 Å². The second-order valence-corrected chi connectivity index (χ2v) is 5.94. The molecule has 0 amide bonds. The number of hydrogen-bond acceptors (Lipinski definition) is 4. The molecule has 1 N–H and O–H groups in total. The van der Waals surface area contributed by atoms with Crippen molar-refractivity contribution in [2.24, 2.45) is 5.92 Å². The van der Waals surface area contributed by atoms with Crippen molar-refractivity contribution in [2.75, 3.05) is 23.9 Å². The van der Waals surface area contributed by atoms with Crippen molar-refractivity contribution in [3.63, 3.8) is 0 Å². The third-order valence-corrected chi connectivity index (χ3v) is 4.44. The number of carbonyl (C=O) groups is 1. The molecule has 1 saturated heterocycles. The number of rotatable bonds is 4. The molecule has 5 heteroatoms. The van der Waals surface area contributed by atoms with Crippen LogP contribution in [0.4, 0.5) is 10.1 Å². The number of methoxy groups -OCH3 is 1. The highest BCUT2D eigenvalue weighted by atomic mass is 32.2. The minimum Gasteiger partial charge on any atom is -0.467 e. The summed E-state index contributed by atoms with van der Waals surface area (Å²) in [5, 5.41) is 3.13. The Balaban J connectivity index is 2.16. The Morgan fingerprint density at radius 1 is 1.53 bits per heavy atom. The van der Waals surface area contributed by atoms with Gasteiger partial charge in [0.15, 0.2) is 0 Å². The van der Waals surface area contributed by atoms with Crippen molar-refractivity contribution in [2.45, 2.75) is 19.4 Å². The molecule has 19 heavy (non-hydrogen) atoms. The van der Waals surface area contributed by atoms with Gasteiger partial charge >= 0.3 is 5.97 Å². The first-order chi connectivity index (χ1) is 9.10. The maximum absolute atomic E-state index is 13.4. The van der Waals surface area contributed by atoms with Gasteiger partial charge in [0.2, 0.25) is 0 Å². The van der Waals surface area contributed by atoms with Gasteiger partial charge in [-0.15, -0.1) is 0 Å². The van der Waals surface area contributed by atoms with Crippen molar-refractivity contribution in [3.05, 3.63) is 29.6 Å². The molecule has 1 heterocycles. The van der Waals surface area contributed by atoms with E-state index in [1.54, 1.807) is 0 Å². The van der Waals surface area contributed by atoms with E-state index in [2.05, 4.69) is 5.32 Å². The summed E-state index contributed by atoms with van der Waals surface area (Å²) in [6.07, 6.45) is 0.978. The molecular weight excluding hydrogens is 265 g/mol. The Morgan fingerprint density at radius 3 is 2.89 bits per heavy atom. The average molecular weight is 283 g/mol. The SMILES string of the molecule is COC(=O)C(Nc1cc(C)cc(F)c1)C1CCSC1. The van der Waals surface area contributed by atoms with Crippen LogP contribution in [0.25, 0.3) is 0 Å². The van der Waals surface area contributed by atoms with Crippen LogP contribution >= 0.6 is 11.8 Å². The number of ether oxygens (including phenoxy) is 1. The van der Waals surface area contributed by atoms with Crippen LogP contribution in [0.2, 0.25) is 0 Å². The summed E-state index contributed by atoms with van der Waals surface area (Å²) in [6, 6.07) is 4.30. The second-order valence-electron chi connectivity index (χ2n) is 4.79. The Bertz CT molecular complexity index is 441. The molecule has 3 nitrogen and oxygen atoms in total. The highest BCUT2D eigenvalue weighted by Gasteiger charge is 2.31. The molecule has 1 fully saturated rings. The maximum Gasteiger partial charge on any atom is 0.328 e. The molecule has 1 aromatic rings. The standard InChI is InChI=1S/C14H18FNO2S/c1-9-5-11(15)7-12(6-9)16-13(14(17)18-2)10-3-4-19-8-10/h5-7,10,13,16H,3-4,8H2,1-2H3. The molecule has 2 unspecified atom stereocenters. The Morgan fingerprint density at radius 2 is 2.32 bits per heavy atom.